The summed E-state index contributed by atoms with van der Waals surface area (Å²) in [7, 11) is 0. The number of carbonyl (C=O) groups excluding carboxylic acids is 1. The Morgan fingerprint density at radius 1 is 1.12 bits per heavy atom. The molecular formula is C21H21FN2OS. The lowest BCUT2D eigenvalue weighted by Gasteiger charge is -2.07. The second-order valence-corrected chi connectivity index (χ2v) is 7.35. The summed E-state index contributed by atoms with van der Waals surface area (Å²) in [6.07, 6.45) is 1.10. The topological polar surface area (TPSA) is 42.0 Å². The Morgan fingerprint density at radius 2 is 1.81 bits per heavy atom. The SMILES string of the molecule is CC(C)c1ccc(CCC(=O)Nc2nc(-c3ccc(F)cc3)cs2)cc1. The molecule has 0 aliphatic rings. The number of hydrogen-bond donors (Lipinski definition) is 1. The molecule has 0 bridgehead atoms. The Balaban J connectivity index is 1.54. The predicted octanol–water partition coefficient (Wildman–Crippen LogP) is 5.64. The molecule has 1 heterocycles. The molecule has 0 unspecified atom stereocenters. The van der Waals surface area contributed by atoms with Crippen molar-refractivity contribution in [2.24, 2.45) is 0 Å². The van der Waals surface area contributed by atoms with Crippen molar-refractivity contribution in [1.29, 1.82) is 0 Å². The summed E-state index contributed by atoms with van der Waals surface area (Å²) in [5.74, 6) is 0.171. The lowest BCUT2D eigenvalue weighted by atomic mass is 10.0. The normalized spacial score (nSPS) is 10.9. The smallest absolute Gasteiger partial charge is 0.226 e. The first-order valence-corrected chi connectivity index (χ1v) is 9.49. The third-order valence-electron chi connectivity index (χ3n) is 4.18. The molecule has 0 spiro atoms. The van der Waals surface area contributed by atoms with Crippen LogP contribution in [0.25, 0.3) is 11.3 Å². The van der Waals surface area contributed by atoms with Gasteiger partial charge in [-0.3, -0.25) is 4.79 Å². The predicted molar refractivity (Wildman–Crippen MR) is 105 cm³/mol. The van der Waals surface area contributed by atoms with E-state index in [1.54, 1.807) is 12.1 Å². The average Bonchev–Trinajstić information content (AvgIpc) is 3.09. The number of halogens is 1. The van der Waals surface area contributed by atoms with Crippen LogP contribution < -0.4 is 5.32 Å². The van der Waals surface area contributed by atoms with E-state index in [0.717, 1.165) is 16.8 Å². The van der Waals surface area contributed by atoms with Crippen LogP contribution in [0.1, 0.15) is 37.3 Å². The third-order valence-corrected chi connectivity index (χ3v) is 4.94. The molecule has 0 saturated carbocycles. The minimum absolute atomic E-state index is 0.0575. The second kappa shape index (κ2) is 8.23. The highest BCUT2D eigenvalue weighted by Crippen LogP contribution is 2.25. The highest BCUT2D eigenvalue weighted by molar-refractivity contribution is 7.14. The summed E-state index contributed by atoms with van der Waals surface area (Å²) < 4.78 is 13.0. The summed E-state index contributed by atoms with van der Waals surface area (Å²) in [5.41, 5.74) is 4.01. The first-order chi connectivity index (χ1) is 12.5. The molecule has 134 valence electrons. The van der Waals surface area contributed by atoms with E-state index in [9.17, 15) is 9.18 Å². The Bertz CT molecular complexity index is 870. The average molecular weight is 368 g/mol. The summed E-state index contributed by atoms with van der Waals surface area (Å²) >= 11 is 1.37. The van der Waals surface area contributed by atoms with E-state index in [2.05, 4.69) is 48.4 Å². The quantitative estimate of drug-likeness (QED) is 0.611. The fraction of sp³-hybridized carbons (Fsp3) is 0.238. The molecule has 0 radical (unpaired) electrons. The van der Waals surface area contributed by atoms with Crippen LogP contribution in [-0.4, -0.2) is 10.9 Å². The number of hydrogen-bond acceptors (Lipinski definition) is 3. The number of nitrogens with one attached hydrogen (secondary N) is 1. The van der Waals surface area contributed by atoms with Gasteiger partial charge in [0, 0.05) is 17.4 Å². The molecule has 26 heavy (non-hydrogen) atoms. The van der Waals surface area contributed by atoms with E-state index < -0.39 is 0 Å². The van der Waals surface area contributed by atoms with E-state index in [1.807, 2.05) is 5.38 Å². The van der Waals surface area contributed by atoms with E-state index in [-0.39, 0.29) is 11.7 Å². The number of amides is 1. The molecule has 0 saturated heterocycles. The highest BCUT2D eigenvalue weighted by Gasteiger charge is 2.09. The summed E-state index contributed by atoms with van der Waals surface area (Å²) in [5, 5.41) is 5.25. The van der Waals surface area contributed by atoms with Crippen LogP contribution in [-0.2, 0) is 11.2 Å². The van der Waals surface area contributed by atoms with Gasteiger partial charge in [-0.25, -0.2) is 9.37 Å². The lowest BCUT2D eigenvalue weighted by molar-refractivity contribution is -0.116. The van der Waals surface area contributed by atoms with Crippen LogP contribution in [0, 0.1) is 5.82 Å². The van der Waals surface area contributed by atoms with Gasteiger partial charge < -0.3 is 5.32 Å². The first-order valence-electron chi connectivity index (χ1n) is 8.61. The molecule has 0 fully saturated rings. The van der Waals surface area contributed by atoms with Crippen molar-refractivity contribution in [1.82, 2.24) is 4.98 Å². The molecule has 2 aromatic carbocycles. The highest BCUT2D eigenvalue weighted by atomic mass is 32.1. The van der Waals surface area contributed by atoms with Gasteiger partial charge in [0.1, 0.15) is 5.82 Å². The number of carbonyl (C=O) groups is 1. The van der Waals surface area contributed by atoms with Crippen LogP contribution in [0.2, 0.25) is 0 Å². The van der Waals surface area contributed by atoms with Gasteiger partial charge in [-0.2, -0.15) is 0 Å². The number of aromatic nitrogens is 1. The van der Waals surface area contributed by atoms with Gasteiger partial charge >= 0.3 is 0 Å². The standard InChI is InChI=1S/C21H21FN2OS/c1-14(2)16-6-3-15(4-7-16)5-12-20(25)24-21-23-19(13-26-21)17-8-10-18(22)11-9-17/h3-4,6-11,13-14H,5,12H2,1-2H3,(H,23,24,25). The minimum atomic E-state index is -0.279. The van der Waals surface area contributed by atoms with Crippen molar-refractivity contribution in [3.63, 3.8) is 0 Å². The Labute approximate surface area is 156 Å². The van der Waals surface area contributed by atoms with Crippen molar-refractivity contribution in [3.05, 3.63) is 70.9 Å². The number of thiazole rings is 1. The second-order valence-electron chi connectivity index (χ2n) is 6.49. The zero-order valence-electron chi connectivity index (χ0n) is 14.8. The molecule has 1 amide bonds. The van der Waals surface area contributed by atoms with Crippen LogP contribution in [0.3, 0.4) is 0 Å². The molecule has 1 N–H and O–H groups in total. The monoisotopic (exact) mass is 368 g/mol. The van der Waals surface area contributed by atoms with Crippen LogP contribution in [0.15, 0.2) is 53.9 Å². The zero-order valence-corrected chi connectivity index (χ0v) is 15.6. The maximum Gasteiger partial charge on any atom is 0.226 e. The molecular weight excluding hydrogens is 347 g/mol. The molecule has 3 nitrogen and oxygen atoms in total. The van der Waals surface area contributed by atoms with Crippen molar-refractivity contribution < 1.29 is 9.18 Å². The Hall–Kier alpha value is -2.53. The van der Waals surface area contributed by atoms with Gasteiger partial charge in [-0.05, 0) is 47.7 Å². The van der Waals surface area contributed by atoms with E-state index in [1.165, 1.54) is 29.0 Å². The van der Waals surface area contributed by atoms with Gasteiger partial charge in [-0.15, -0.1) is 11.3 Å². The summed E-state index contributed by atoms with van der Waals surface area (Å²) in [6, 6.07) is 14.6. The fourth-order valence-corrected chi connectivity index (χ4v) is 3.33. The molecule has 0 aliphatic carbocycles. The number of benzene rings is 2. The molecule has 0 atom stereocenters. The molecule has 5 heteroatoms. The van der Waals surface area contributed by atoms with Gasteiger partial charge in [0.15, 0.2) is 5.13 Å². The van der Waals surface area contributed by atoms with E-state index in [0.29, 0.717) is 23.9 Å². The van der Waals surface area contributed by atoms with Gasteiger partial charge in [0.25, 0.3) is 0 Å². The van der Waals surface area contributed by atoms with Gasteiger partial charge in [-0.1, -0.05) is 38.1 Å². The van der Waals surface area contributed by atoms with Crippen molar-refractivity contribution in [2.75, 3.05) is 5.32 Å². The maximum atomic E-state index is 13.0. The minimum Gasteiger partial charge on any atom is -0.302 e. The largest absolute Gasteiger partial charge is 0.302 e. The van der Waals surface area contributed by atoms with Crippen molar-refractivity contribution in [2.45, 2.75) is 32.6 Å². The lowest BCUT2D eigenvalue weighted by Crippen LogP contribution is -2.12. The number of nitrogens with zero attached hydrogens (tertiary/aromatic N) is 1. The van der Waals surface area contributed by atoms with Gasteiger partial charge in [0.05, 0.1) is 5.69 Å². The Morgan fingerprint density at radius 3 is 2.46 bits per heavy atom. The van der Waals surface area contributed by atoms with E-state index in [4.69, 9.17) is 0 Å². The molecule has 1 aromatic heterocycles. The summed E-state index contributed by atoms with van der Waals surface area (Å²) in [4.78, 5) is 16.6. The number of aryl methyl sites for hydroxylation is 1. The van der Waals surface area contributed by atoms with Crippen molar-refractivity contribution >= 4 is 22.4 Å². The van der Waals surface area contributed by atoms with Crippen molar-refractivity contribution in [3.8, 4) is 11.3 Å². The van der Waals surface area contributed by atoms with Crippen LogP contribution >= 0.6 is 11.3 Å². The Kier molecular flexibility index (Phi) is 5.78. The number of rotatable bonds is 6. The fourth-order valence-electron chi connectivity index (χ4n) is 2.59. The molecule has 3 aromatic rings. The zero-order chi connectivity index (χ0) is 18.5. The third kappa shape index (κ3) is 4.76. The maximum absolute atomic E-state index is 13.0. The number of anilines is 1. The molecule has 3 rings (SSSR count). The first kappa shape index (κ1) is 18.3. The van der Waals surface area contributed by atoms with Gasteiger partial charge in [0.2, 0.25) is 5.91 Å². The summed E-state index contributed by atoms with van der Waals surface area (Å²) in [6.45, 7) is 4.33. The van der Waals surface area contributed by atoms with Crippen LogP contribution in [0.4, 0.5) is 9.52 Å². The van der Waals surface area contributed by atoms with Crippen LogP contribution in [0.5, 0.6) is 0 Å². The van der Waals surface area contributed by atoms with E-state index >= 15 is 0 Å². The molecule has 0 aliphatic heterocycles.